The number of benzene rings is 2. The normalized spacial score (nSPS) is 15.6. The number of para-hydroxylation sites is 1. The minimum Gasteiger partial charge on any atom is -0.466 e. The van der Waals surface area contributed by atoms with Crippen molar-refractivity contribution >= 4 is 35.3 Å². The molecular formula is C32H40N8O6. The van der Waals surface area contributed by atoms with Crippen molar-refractivity contribution in [3.05, 3.63) is 71.5 Å². The molecule has 0 spiro atoms. The molecule has 4 N–H and O–H groups in total. The summed E-state index contributed by atoms with van der Waals surface area (Å²) in [5.41, 5.74) is 2.09. The first kappa shape index (κ1) is 33.7. The summed E-state index contributed by atoms with van der Waals surface area (Å²) < 4.78 is 5.08. The van der Waals surface area contributed by atoms with Crippen molar-refractivity contribution < 1.29 is 28.7 Å². The van der Waals surface area contributed by atoms with Gasteiger partial charge < -0.3 is 20.7 Å². The van der Waals surface area contributed by atoms with Gasteiger partial charge in [0.1, 0.15) is 18.1 Å². The van der Waals surface area contributed by atoms with Gasteiger partial charge in [-0.25, -0.2) is 0 Å². The number of ether oxygens (including phenoxy) is 1. The number of esters is 1. The summed E-state index contributed by atoms with van der Waals surface area (Å²) >= 11 is 0. The molecule has 14 nitrogen and oxygen atoms in total. The highest BCUT2D eigenvalue weighted by Gasteiger charge is 2.42. The lowest BCUT2D eigenvalue weighted by molar-refractivity contribution is -0.143. The van der Waals surface area contributed by atoms with E-state index < -0.39 is 41.8 Å². The molecule has 2 aromatic carbocycles. The van der Waals surface area contributed by atoms with Crippen LogP contribution < -0.4 is 20.9 Å². The van der Waals surface area contributed by atoms with Gasteiger partial charge in [-0.3, -0.25) is 28.9 Å². The Morgan fingerprint density at radius 3 is 2.46 bits per heavy atom. The molecule has 4 rings (SSSR count). The molecule has 0 aliphatic carbocycles. The minimum absolute atomic E-state index is 0.00744. The number of anilines is 1. The molecule has 46 heavy (non-hydrogen) atoms. The van der Waals surface area contributed by atoms with Gasteiger partial charge in [-0.15, -0.1) is 10.2 Å². The molecule has 3 aromatic rings. The van der Waals surface area contributed by atoms with Gasteiger partial charge in [0.15, 0.2) is 5.82 Å². The summed E-state index contributed by atoms with van der Waals surface area (Å²) in [7, 11) is 0. The second kappa shape index (κ2) is 16.3. The van der Waals surface area contributed by atoms with E-state index in [1.165, 1.54) is 4.90 Å². The Morgan fingerprint density at radius 1 is 1.02 bits per heavy atom. The maximum atomic E-state index is 14.3. The number of carbonyl (C=O) groups excluding carboxylic acids is 5. The summed E-state index contributed by atoms with van der Waals surface area (Å²) in [5.74, 6) is -2.45. The summed E-state index contributed by atoms with van der Waals surface area (Å²) in [6, 6.07) is 13.2. The molecule has 0 unspecified atom stereocenters. The number of aromatic nitrogens is 4. The standard InChI is InChI=1S/C32H40N8O6/c1-4-20(3)29(35-27(41)17-21-11-7-6-8-12-21)31(44)34-23(15-16-28(42)46-5-2)32(45)40-24-14-10-9-13-22(24)18-25(40)30(43)33-19-26-36-38-39-37-26/h6-14,20,23,25,29H,4-5,15-19H2,1-3H3,(H,33,43)(H,34,44)(H,35,41)(H,36,37,38,39)/t20-,23+,25-,29-/m0/s1. The number of amides is 4. The Kier molecular flexibility index (Phi) is 11.9. The number of hydrogen-bond acceptors (Lipinski definition) is 9. The second-order valence-electron chi connectivity index (χ2n) is 11.1. The largest absolute Gasteiger partial charge is 0.466 e. The van der Waals surface area contributed by atoms with E-state index in [0.717, 1.165) is 11.1 Å². The van der Waals surface area contributed by atoms with Crippen LogP contribution in [0.5, 0.6) is 0 Å². The summed E-state index contributed by atoms with van der Waals surface area (Å²) in [5, 5.41) is 21.9. The van der Waals surface area contributed by atoms with Crippen molar-refractivity contribution in [3.63, 3.8) is 0 Å². The van der Waals surface area contributed by atoms with Crippen molar-refractivity contribution in [3.8, 4) is 0 Å². The first-order valence-electron chi connectivity index (χ1n) is 15.4. The zero-order valence-corrected chi connectivity index (χ0v) is 26.2. The Balaban J connectivity index is 1.57. The molecule has 244 valence electrons. The van der Waals surface area contributed by atoms with Gasteiger partial charge in [0.25, 0.3) is 0 Å². The van der Waals surface area contributed by atoms with Crippen LogP contribution in [0.25, 0.3) is 0 Å². The van der Waals surface area contributed by atoms with Crippen molar-refractivity contribution in [2.75, 3.05) is 11.5 Å². The fourth-order valence-electron chi connectivity index (χ4n) is 5.30. The number of tetrazole rings is 1. The van der Waals surface area contributed by atoms with E-state index in [4.69, 9.17) is 4.74 Å². The fourth-order valence-corrected chi connectivity index (χ4v) is 5.30. The second-order valence-corrected chi connectivity index (χ2v) is 11.1. The van der Waals surface area contributed by atoms with Crippen LogP contribution >= 0.6 is 0 Å². The lowest BCUT2D eigenvalue weighted by atomic mass is 9.97. The smallest absolute Gasteiger partial charge is 0.305 e. The number of rotatable bonds is 15. The van der Waals surface area contributed by atoms with Crippen molar-refractivity contribution in [1.82, 2.24) is 36.6 Å². The van der Waals surface area contributed by atoms with Crippen molar-refractivity contribution in [2.45, 2.75) is 77.5 Å². The predicted molar refractivity (Wildman–Crippen MR) is 167 cm³/mol. The SMILES string of the molecule is CCOC(=O)CC[C@@H](NC(=O)[C@@H](NC(=O)Cc1ccccc1)[C@@H](C)CC)C(=O)N1c2ccccc2C[C@H]1C(=O)NCc1nn[nH]n1. The van der Waals surface area contributed by atoms with Gasteiger partial charge >= 0.3 is 5.97 Å². The Bertz CT molecular complexity index is 1500. The van der Waals surface area contributed by atoms with Crippen molar-refractivity contribution in [2.24, 2.45) is 5.92 Å². The van der Waals surface area contributed by atoms with Gasteiger partial charge in [-0.05, 0) is 36.5 Å². The van der Waals surface area contributed by atoms with E-state index in [1.54, 1.807) is 19.1 Å². The van der Waals surface area contributed by atoms with E-state index >= 15 is 0 Å². The maximum Gasteiger partial charge on any atom is 0.305 e. The van der Waals surface area contributed by atoms with Crippen LogP contribution in [0, 0.1) is 5.92 Å². The average Bonchev–Trinajstić information content (AvgIpc) is 3.72. The fraction of sp³-hybridized carbons (Fsp3) is 0.438. The Labute approximate surface area is 267 Å². The summed E-state index contributed by atoms with van der Waals surface area (Å²) in [6.45, 7) is 5.57. The number of hydrogen-bond donors (Lipinski definition) is 4. The first-order valence-corrected chi connectivity index (χ1v) is 15.4. The Morgan fingerprint density at radius 2 is 1.76 bits per heavy atom. The topological polar surface area (TPSA) is 188 Å². The average molecular weight is 633 g/mol. The zero-order valence-electron chi connectivity index (χ0n) is 26.2. The van der Waals surface area contributed by atoms with Crippen molar-refractivity contribution in [1.29, 1.82) is 0 Å². The number of fused-ring (bicyclic) bond motifs is 1. The molecule has 1 aliphatic rings. The van der Waals surface area contributed by atoms with E-state index in [2.05, 4.69) is 36.6 Å². The third-order valence-corrected chi connectivity index (χ3v) is 7.90. The Hall–Kier alpha value is -5.14. The molecule has 0 saturated carbocycles. The van der Waals surface area contributed by atoms with Gasteiger partial charge in [-0.2, -0.15) is 5.21 Å². The van der Waals surface area contributed by atoms with Gasteiger partial charge in [-0.1, -0.05) is 74.0 Å². The molecule has 0 fully saturated rings. The number of nitrogens with zero attached hydrogens (tertiary/aromatic N) is 4. The van der Waals surface area contributed by atoms with Gasteiger partial charge in [0.05, 0.1) is 19.6 Å². The minimum atomic E-state index is -1.20. The third kappa shape index (κ3) is 8.73. The highest BCUT2D eigenvalue weighted by Crippen LogP contribution is 2.33. The molecule has 0 radical (unpaired) electrons. The molecule has 0 saturated heterocycles. The summed E-state index contributed by atoms with van der Waals surface area (Å²) in [6.07, 6.45) is 0.669. The first-order chi connectivity index (χ1) is 22.2. The van der Waals surface area contributed by atoms with E-state index in [0.29, 0.717) is 12.1 Å². The molecule has 1 aliphatic heterocycles. The predicted octanol–water partition coefficient (Wildman–Crippen LogP) is 1.38. The number of nitrogens with one attached hydrogen (secondary N) is 4. The number of carbonyl (C=O) groups is 5. The van der Waals surface area contributed by atoms with E-state index in [-0.39, 0.29) is 56.5 Å². The lowest BCUT2D eigenvalue weighted by Gasteiger charge is -2.31. The van der Waals surface area contributed by atoms with E-state index in [1.807, 2.05) is 56.3 Å². The summed E-state index contributed by atoms with van der Waals surface area (Å²) in [4.78, 5) is 68.3. The lowest BCUT2D eigenvalue weighted by Crippen LogP contribution is -2.58. The third-order valence-electron chi connectivity index (χ3n) is 7.90. The van der Waals surface area contributed by atoms with Crippen LogP contribution in [-0.2, 0) is 48.1 Å². The van der Waals surface area contributed by atoms with E-state index in [9.17, 15) is 24.0 Å². The molecular weight excluding hydrogens is 592 g/mol. The van der Waals surface area contributed by atoms with Gasteiger partial charge in [0.2, 0.25) is 23.6 Å². The van der Waals surface area contributed by atoms with Crippen LogP contribution in [-0.4, -0.2) is 75.0 Å². The van der Waals surface area contributed by atoms with Gasteiger partial charge in [0, 0.05) is 18.5 Å². The van der Waals surface area contributed by atoms with Crippen LogP contribution in [0.15, 0.2) is 54.6 Å². The highest BCUT2D eigenvalue weighted by atomic mass is 16.5. The number of aromatic amines is 1. The molecule has 0 bridgehead atoms. The quantitative estimate of drug-likeness (QED) is 0.179. The van der Waals surface area contributed by atoms with Crippen LogP contribution in [0.1, 0.15) is 57.0 Å². The monoisotopic (exact) mass is 632 g/mol. The molecule has 4 atom stereocenters. The molecule has 1 aromatic heterocycles. The molecule has 14 heteroatoms. The number of H-pyrrole nitrogens is 1. The molecule has 4 amide bonds. The van der Waals surface area contributed by atoms with Crippen LogP contribution in [0.3, 0.4) is 0 Å². The van der Waals surface area contributed by atoms with Crippen LogP contribution in [0.2, 0.25) is 0 Å². The molecule has 2 heterocycles. The highest BCUT2D eigenvalue weighted by molar-refractivity contribution is 6.07. The van der Waals surface area contributed by atoms with Crippen LogP contribution in [0.4, 0.5) is 5.69 Å². The zero-order chi connectivity index (χ0) is 33.1. The maximum absolute atomic E-state index is 14.3.